The van der Waals surface area contributed by atoms with Crippen LogP contribution >= 0.6 is 11.3 Å². The molecule has 0 spiro atoms. The second-order valence-corrected chi connectivity index (χ2v) is 3.69. The van der Waals surface area contributed by atoms with Gasteiger partial charge >= 0.3 is 0 Å². The summed E-state index contributed by atoms with van der Waals surface area (Å²) in [5, 5.41) is 11.7. The molecule has 0 aliphatic carbocycles. The third-order valence-corrected chi connectivity index (χ3v) is 2.88. The van der Waals surface area contributed by atoms with Crippen LogP contribution in [0.25, 0.3) is 0 Å². The molecule has 0 aliphatic rings. The lowest BCUT2D eigenvalue weighted by atomic mass is 10.2. The Morgan fingerprint density at radius 1 is 1.75 bits per heavy atom. The maximum absolute atomic E-state index is 9.57. The van der Waals surface area contributed by atoms with E-state index in [1.807, 2.05) is 0 Å². The van der Waals surface area contributed by atoms with Crippen LogP contribution in [0, 0.1) is 0 Å². The first kappa shape index (κ1) is 9.49. The zero-order chi connectivity index (χ0) is 8.97. The molecule has 1 heterocycles. The van der Waals surface area contributed by atoms with Crippen LogP contribution in [0.4, 0.5) is 0 Å². The second kappa shape index (κ2) is 4.43. The number of aliphatic hydroxyl groups excluding tert-OH is 1. The highest BCUT2D eigenvalue weighted by Crippen LogP contribution is 2.24. The quantitative estimate of drug-likeness (QED) is 0.710. The molecule has 0 amide bonds. The van der Waals surface area contributed by atoms with Crippen molar-refractivity contribution in [2.75, 3.05) is 0 Å². The molecule has 0 fully saturated rings. The molecule has 0 aromatic carbocycles. The van der Waals surface area contributed by atoms with Crippen molar-refractivity contribution >= 4 is 11.3 Å². The Morgan fingerprint density at radius 2 is 2.50 bits per heavy atom. The van der Waals surface area contributed by atoms with E-state index >= 15 is 0 Å². The smallest absolute Gasteiger partial charge is 0.0916 e. The fourth-order valence-electron chi connectivity index (χ4n) is 1.03. The number of aryl methyl sites for hydroxylation is 1. The molecule has 66 valence electrons. The van der Waals surface area contributed by atoms with Gasteiger partial charge in [0.1, 0.15) is 0 Å². The van der Waals surface area contributed by atoms with E-state index in [4.69, 9.17) is 0 Å². The SMILES string of the molecule is C=CCC(O)c1cc(CC)cs1. The number of thiophene rings is 1. The number of hydrogen-bond donors (Lipinski definition) is 1. The highest BCUT2D eigenvalue weighted by molar-refractivity contribution is 7.10. The first-order chi connectivity index (χ1) is 5.77. The molecule has 0 aliphatic heterocycles. The van der Waals surface area contributed by atoms with Gasteiger partial charge in [-0.15, -0.1) is 17.9 Å². The maximum atomic E-state index is 9.57. The Labute approximate surface area is 77.4 Å². The largest absolute Gasteiger partial charge is 0.387 e. The molecule has 12 heavy (non-hydrogen) atoms. The molecule has 1 N–H and O–H groups in total. The minimum absolute atomic E-state index is 0.354. The third kappa shape index (κ3) is 2.19. The van der Waals surface area contributed by atoms with Crippen LogP contribution in [0.1, 0.15) is 29.9 Å². The predicted octanol–water partition coefficient (Wildman–Crippen LogP) is 2.92. The fourth-order valence-corrected chi connectivity index (χ4v) is 2.02. The normalized spacial score (nSPS) is 12.8. The highest BCUT2D eigenvalue weighted by atomic mass is 32.1. The Hall–Kier alpha value is -0.600. The van der Waals surface area contributed by atoms with Gasteiger partial charge in [-0.05, 0) is 29.9 Å². The molecule has 0 saturated carbocycles. The van der Waals surface area contributed by atoms with Crippen LogP contribution in [0.5, 0.6) is 0 Å². The van der Waals surface area contributed by atoms with Crippen molar-refractivity contribution in [3.63, 3.8) is 0 Å². The van der Waals surface area contributed by atoms with E-state index in [0.717, 1.165) is 11.3 Å². The second-order valence-electron chi connectivity index (χ2n) is 2.75. The van der Waals surface area contributed by atoms with E-state index in [-0.39, 0.29) is 6.10 Å². The van der Waals surface area contributed by atoms with Crippen LogP contribution in [0.15, 0.2) is 24.1 Å². The number of aliphatic hydroxyl groups is 1. The van der Waals surface area contributed by atoms with Gasteiger partial charge in [0, 0.05) is 4.88 Å². The topological polar surface area (TPSA) is 20.2 Å². The summed E-state index contributed by atoms with van der Waals surface area (Å²) in [6, 6.07) is 2.07. The Balaban J connectivity index is 2.67. The molecular weight excluding hydrogens is 168 g/mol. The van der Waals surface area contributed by atoms with E-state index < -0.39 is 0 Å². The Bertz CT molecular complexity index is 252. The Morgan fingerprint density at radius 3 is 3.00 bits per heavy atom. The summed E-state index contributed by atoms with van der Waals surface area (Å²) in [7, 11) is 0. The van der Waals surface area contributed by atoms with Gasteiger partial charge in [-0.2, -0.15) is 0 Å². The van der Waals surface area contributed by atoms with Gasteiger partial charge in [0.05, 0.1) is 6.10 Å². The van der Waals surface area contributed by atoms with Crippen molar-refractivity contribution in [3.8, 4) is 0 Å². The number of hydrogen-bond acceptors (Lipinski definition) is 2. The summed E-state index contributed by atoms with van der Waals surface area (Å²) in [6.07, 6.45) is 3.07. The van der Waals surface area contributed by atoms with Gasteiger partial charge in [0.2, 0.25) is 0 Å². The molecule has 1 aromatic heterocycles. The van der Waals surface area contributed by atoms with Crippen molar-refractivity contribution in [3.05, 3.63) is 34.5 Å². The maximum Gasteiger partial charge on any atom is 0.0916 e. The molecule has 2 heteroatoms. The average molecular weight is 182 g/mol. The molecule has 1 rings (SSSR count). The van der Waals surface area contributed by atoms with Crippen LogP contribution < -0.4 is 0 Å². The summed E-state index contributed by atoms with van der Waals surface area (Å²) in [5.74, 6) is 0. The van der Waals surface area contributed by atoms with Gasteiger partial charge < -0.3 is 5.11 Å². The van der Waals surface area contributed by atoms with Gasteiger partial charge in [-0.25, -0.2) is 0 Å². The molecule has 1 aromatic rings. The standard InChI is InChI=1S/C10H14OS/c1-3-5-9(11)10-6-8(4-2)7-12-10/h3,6-7,9,11H,1,4-5H2,2H3. The van der Waals surface area contributed by atoms with E-state index in [2.05, 4.69) is 24.9 Å². The van der Waals surface area contributed by atoms with E-state index in [1.54, 1.807) is 17.4 Å². The molecule has 1 atom stereocenters. The van der Waals surface area contributed by atoms with E-state index in [0.29, 0.717) is 6.42 Å². The minimum atomic E-state index is -0.354. The first-order valence-corrected chi connectivity index (χ1v) is 5.02. The Kier molecular flexibility index (Phi) is 3.50. The van der Waals surface area contributed by atoms with Crippen LogP contribution in [0.3, 0.4) is 0 Å². The zero-order valence-corrected chi connectivity index (χ0v) is 8.10. The lowest BCUT2D eigenvalue weighted by molar-refractivity contribution is 0.185. The summed E-state index contributed by atoms with van der Waals surface area (Å²) in [4.78, 5) is 1.05. The molecule has 0 bridgehead atoms. The summed E-state index contributed by atoms with van der Waals surface area (Å²) in [5.41, 5.74) is 1.30. The van der Waals surface area contributed by atoms with Crippen molar-refractivity contribution in [1.82, 2.24) is 0 Å². The molecule has 1 nitrogen and oxygen atoms in total. The van der Waals surface area contributed by atoms with Gasteiger partial charge in [-0.3, -0.25) is 0 Å². The molecule has 0 saturated heterocycles. The molecule has 0 radical (unpaired) electrons. The minimum Gasteiger partial charge on any atom is -0.387 e. The lowest BCUT2D eigenvalue weighted by Gasteiger charge is -2.02. The van der Waals surface area contributed by atoms with Gasteiger partial charge in [-0.1, -0.05) is 13.0 Å². The van der Waals surface area contributed by atoms with Gasteiger partial charge in [0.15, 0.2) is 0 Å². The summed E-state index contributed by atoms with van der Waals surface area (Å²) < 4.78 is 0. The lowest BCUT2D eigenvalue weighted by Crippen LogP contribution is -1.91. The molecule has 1 unspecified atom stereocenters. The van der Waals surface area contributed by atoms with E-state index in [9.17, 15) is 5.11 Å². The molecular formula is C10H14OS. The zero-order valence-electron chi connectivity index (χ0n) is 7.29. The summed E-state index contributed by atoms with van der Waals surface area (Å²) in [6.45, 7) is 5.71. The number of rotatable bonds is 4. The van der Waals surface area contributed by atoms with E-state index in [1.165, 1.54) is 5.56 Å². The van der Waals surface area contributed by atoms with Crippen LogP contribution in [-0.4, -0.2) is 5.11 Å². The monoisotopic (exact) mass is 182 g/mol. The predicted molar refractivity (Wildman–Crippen MR) is 53.5 cm³/mol. The van der Waals surface area contributed by atoms with Crippen molar-refractivity contribution in [2.24, 2.45) is 0 Å². The van der Waals surface area contributed by atoms with Crippen LogP contribution in [0.2, 0.25) is 0 Å². The van der Waals surface area contributed by atoms with Gasteiger partial charge in [0.25, 0.3) is 0 Å². The highest BCUT2D eigenvalue weighted by Gasteiger charge is 2.07. The van der Waals surface area contributed by atoms with Crippen molar-refractivity contribution in [1.29, 1.82) is 0 Å². The summed E-state index contributed by atoms with van der Waals surface area (Å²) >= 11 is 1.62. The van der Waals surface area contributed by atoms with Crippen LogP contribution in [-0.2, 0) is 6.42 Å². The third-order valence-electron chi connectivity index (χ3n) is 1.80. The first-order valence-electron chi connectivity index (χ1n) is 4.14. The fraction of sp³-hybridized carbons (Fsp3) is 0.400. The average Bonchev–Trinajstić information content (AvgIpc) is 2.52. The van der Waals surface area contributed by atoms with Crippen molar-refractivity contribution in [2.45, 2.75) is 25.9 Å². The van der Waals surface area contributed by atoms with Crippen molar-refractivity contribution < 1.29 is 5.11 Å².